The second-order valence-electron chi connectivity index (χ2n) is 1.89. The summed E-state index contributed by atoms with van der Waals surface area (Å²) in [5.74, 6) is 0. The van der Waals surface area contributed by atoms with Gasteiger partial charge in [-0.2, -0.15) is 0 Å². The fourth-order valence-electron chi connectivity index (χ4n) is 0.446. The van der Waals surface area contributed by atoms with Gasteiger partial charge in [0.1, 0.15) is 0 Å². The van der Waals surface area contributed by atoms with Crippen molar-refractivity contribution in [2.75, 3.05) is 0 Å². The van der Waals surface area contributed by atoms with Crippen molar-refractivity contribution in [1.82, 2.24) is 0 Å². The van der Waals surface area contributed by atoms with Gasteiger partial charge < -0.3 is 4.74 Å². The van der Waals surface area contributed by atoms with Gasteiger partial charge in [-0.05, 0) is 19.1 Å². The number of allylic oxidation sites excluding steroid dienone is 2. The van der Waals surface area contributed by atoms with Crippen molar-refractivity contribution in [2.45, 2.75) is 11.2 Å². The highest BCUT2D eigenvalue weighted by Crippen LogP contribution is 2.22. The molecule has 0 atom stereocenters. The molecule has 1 aliphatic rings. The summed E-state index contributed by atoms with van der Waals surface area (Å²) in [6, 6.07) is 0. The molecule has 8 heavy (non-hydrogen) atoms. The van der Waals surface area contributed by atoms with Crippen molar-refractivity contribution >= 4 is 15.9 Å². The molecule has 0 aromatic rings. The molecule has 0 spiro atoms. The van der Waals surface area contributed by atoms with Gasteiger partial charge >= 0.3 is 0 Å². The molecule has 0 aromatic heterocycles. The van der Waals surface area contributed by atoms with Gasteiger partial charge in [-0.3, -0.25) is 0 Å². The zero-order valence-corrected chi connectivity index (χ0v) is 6.18. The third-order valence-electron chi connectivity index (χ3n) is 0.945. The molecule has 1 aliphatic heterocycles. The van der Waals surface area contributed by atoms with Gasteiger partial charge in [0.2, 0.25) is 0 Å². The van der Waals surface area contributed by atoms with E-state index >= 15 is 0 Å². The highest BCUT2D eigenvalue weighted by atomic mass is 79.9. The Balaban J connectivity index is 2.69. The first-order valence-electron chi connectivity index (χ1n) is 2.40. The van der Waals surface area contributed by atoms with Crippen molar-refractivity contribution in [2.24, 2.45) is 0 Å². The van der Waals surface area contributed by atoms with Crippen molar-refractivity contribution in [3.8, 4) is 0 Å². The van der Waals surface area contributed by atoms with Crippen LogP contribution in [0.5, 0.6) is 0 Å². The van der Waals surface area contributed by atoms with Gasteiger partial charge in [-0.1, -0.05) is 15.9 Å². The highest BCUT2D eigenvalue weighted by molar-refractivity contribution is 9.10. The fraction of sp³-hybridized carbons (Fsp3) is 0.333. The summed E-state index contributed by atoms with van der Waals surface area (Å²) in [7, 11) is 0. The topological polar surface area (TPSA) is 9.23 Å². The summed E-state index contributed by atoms with van der Waals surface area (Å²) in [5.41, 5.74) is 0. The van der Waals surface area contributed by atoms with Gasteiger partial charge in [-0.15, -0.1) is 0 Å². The summed E-state index contributed by atoms with van der Waals surface area (Å²) >= 11 is 3.44. The lowest BCUT2D eigenvalue weighted by atomic mass is 10.2. The van der Waals surface area contributed by atoms with Crippen LogP contribution in [0.4, 0.5) is 0 Å². The van der Waals surface area contributed by atoms with Crippen LogP contribution in [-0.2, 0) is 4.74 Å². The van der Waals surface area contributed by atoms with Gasteiger partial charge in [0.25, 0.3) is 0 Å². The minimum absolute atomic E-state index is 0.00521. The van der Waals surface area contributed by atoms with Gasteiger partial charge in [0.15, 0.2) is 0 Å². The van der Waals surface area contributed by atoms with Crippen molar-refractivity contribution in [3.05, 3.63) is 24.7 Å². The molecule has 0 bridgehead atoms. The maximum absolute atomic E-state index is 4.81. The third kappa shape index (κ3) is 1.37. The second kappa shape index (κ2) is 1.94. The smallest absolute Gasteiger partial charge is 0.0878 e. The van der Waals surface area contributed by atoms with E-state index in [9.17, 15) is 0 Å². The zero-order valence-electron chi connectivity index (χ0n) is 4.60. The van der Waals surface area contributed by atoms with E-state index in [1.54, 1.807) is 12.5 Å². The van der Waals surface area contributed by atoms with Crippen LogP contribution in [0.1, 0.15) is 6.92 Å². The van der Waals surface area contributed by atoms with E-state index in [0.717, 1.165) is 0 Å². The van der Waals surface area contributed by atoms with E-state index in [1.165, 1.54) is 0 Å². The maximum atomic E-state index is 4.81. The SMILES string of the molecule is CC1(Br)C=COC=C1. The molecule has 1 nitrogen and oxygen atoms in total. The van der Waals surface area contributed by atoms with Crippen LogP contribution in [0.2, 0.25) is 0 Å². The average molecular weight is 175 g/mol. The Morgan fingerprint density at radius 1 is 1.38 bits per heavy atom. The predicted octanol–water partition coefficient (Wildman–Crippen LogP) is 2.20. The molecule has 44 valence electrons. The largest absolute Gasteiger partial charge is 0.473 e. The first kappa shape index (κ1) is 5.89. The number of rotatable bonds is 0. The molecule has 0 saturated heterocycles. The highest BCUT2D eigenvalue weighted by Gasteiger charge is 2.13. The van der Waals surface area contributed by atoms with Crippen LogP contribution in [0.15, 0.2) is 24.7 Å². The van der Waals surface area contributed by atoms with Crippen molar-refractivity contribution in [1.29, 1.82) is 0 Å². The summed E-state index contributed by atoms with van der Waals surface area (Å²) in [5, 5.41) is 0. The van der Waals surface area contributed by atoms with Crippen molar-refractivity contribution < 1.29 is 4.74 Å². The quantitative estimate of drug-likeness (QED) is 0.512. The number of halogens is 1. The van der Waals surface area contributed by atoms with Gasteiger partial charge in [0.05, 0.1) is 16.8 Å². The van der Waals surface area contributed by atoms with E-state index < -0.39 is 0 Å². The van der Waals surface area contributed by atoms with E-state index in [0.29, 0.717) is 0 Å². The molecule has 0 unspecified atom stereocenters. The minimum Gasteiger partial charge on any atom is -0.473 e. The average Bonchev–Trinajstić information content (AvgIpc) is 1.65. The Morgan fingerprint density at radius 3 is 2.12 bits per heavy atom. The molecule has 2 heteroatoms. The van der Waals surface area contributed by atoms with Crippen LogP contribution in [0.25, 0.3) is 0 Å². The molecular formula is C6H7BrO. The van der Waals surface area contributed by atoms with Crippen LogP contribution in [0.3, 0.4) is 0 Å². The molecule has 0 N–H and O–H groups in total. The normalized spacial score (nSPS) is 22.8. The monoisotopic (exact) mass is 174 g/mol. The molecule has 0 aromatic carbocycles. The predicted molar refractivity (Wildman–Crippen MR) is 36.7 cm³/mol. The Labute approximate surface area is 57.2 Å². The summed E-state index contributed by atoms with van der Waals surface area (Å²) < 4.78 is 4.82. The van der Waals surface area contributed by atoms with Crippen molar-refractivity contribution in [3.63, 3.8) is 0 Å². The standard InChI is InChI=1S/C6H7BrO/c1-6(7)2-4-8-5-3-6/h2-5H,1H3. The molecular weight excluding hydrogens is 168 g/mol. The number of alkyl halides is 1. The molecule has 0 radical (unpaired) electrons. The van der Waals surface area contributed by atoms with Gasteiger partial charge in [-0.25, -0.2) is 0 Å². The number of hydrogen-bond acceptors (Lipinski definition) is 1. The van der Waals surface area contributed by atoms with E-state index in [4.69, 9.17) is 4.74 Å². The Hall–Kier alpha value is -0.240. The van der Waals surface area contributed by atoms with Crippen LogP contribution >= 0.6 is 15.9 Å². The lowest BCUT2D eigenvalue weighted by Crippen LogP contribution is -2.08. The van der Waals surface area contributed by atoms with E-state index in [-0.39, 0.29) is 4.32 Å². The molecule has 0 fully saturated rings. The molecule has 0 amide bonds. The van der Waals surface area contributed by atoms with Gasteiger partial charge in [0, 0.05) is 0 Å². The number of ether oxygens (including phenoxy) is 1. The third-order valence-corrected chi connectivity index (χ3v) is 1.47. The lowest BCUT2D eigenvalue weighted by Gasteiger charge is -2.13. The summed E-state index contributed by atoms with van der Waals surface area (Å²) in [4.78, 5) is 0. The molecule has 1 rings (SSSR count). The lowest BCUT2D eigenvalue weighted by molar-refractivity contribution is 0.389. The van der Waals surface area contributed by atoms with Crippen LogP contribution < -0.4 is 0 Å². The Morgan fingerprint density at radius 2 is 1.88 bits per heavy atom. The Kier molecular flexibility index (Phi) is 1.43. The summed E-state index contributed by atoms with van der Waals surface area (Å²) in [6.45, 7) is 2.04. The molecule has 0 aliphatic carbocycles. The fourth-order valence-corrected chi connectivity index (χ4v) is 0.661. The minimum atomic E-state index is 0.00521. The molecule has 0 saturated carbocycles. The van der Waals surface area contributed by atoms with Crippen LogP contribution in [0, 0.1) is 0 Å². The number of hydrogen-bond donors (Lipinski definition) is 0. The second-order valence-corrected chi connectivity index (χ2v) is 3.60. The first-order valence-corrected chi connectivity index (χ1v) is 3.20. The summed E-state index contributed by atoms with van der Waals surface area (Å²) in [6.07, 6.45) is 7.20. The van der Waals surface area contributed by atoms with E-state index in [1.807, 2.05) is 19.1 Å². The molecule has 1 heterocycles. The van der Waals surface area contributed by atoms with E-state index in [2.05, 4.69) is 15.9 Å². The van der Waals surface area contributed by atoms with Crippen LogP contribution in [-0.4, -0.2) is 4.32 Å². The Bertz CT molecular complexity index is 121. The zero-order chi connectivity index (χ0) is 6.04. The first-order chi connectivity index (χ1) is 3.71. The maximum Gasteiger partial charge on any atom is 0.0878 e.